The molecule has 0 bridgehead atoms. The van der Waals surface area contributed by atoms with Crippen molar-refractivity contribution >= 4 is 63.9 Å². The number of nitrogens with one attached hydrogen (secondary N) is 1. The number of ether oxygens (including phenoxy) is 1. The van der Waals surface area contributed by atoms with Crippen LogP contribution in [0.5, 0.6) is 0 Å². The predicted octanol–water partition coefficient (Wildman–Crippen LogP) is 2.79. The molecule has 4 aliphatic rings. The van der Waals surface area contributed by atoms with Crippen molar-refractivity contribution in [2.24, 2.45) is 5.16 Å². The highest BCUT2D eigenvalue weighted by Crippen LogP contribution is 2.41. The van der Waals surface area contributed by atoms with Crippen molar-refractivity contribution in [2.45, 2.75) is 49.9 Å². The summed E-state index contributed by atoms with van der Waals surface area (Å²) in [5.74, 6) is -3.75. The van der Waals surface area contributed by atoms with E-state index >= 15 is 0 Å². The van der Waals surface area contributed by atoms with Crippen molar-refractivity contribution in [3.63, 3.8) is 0 Å². The predicted molar refractivity (Wildman–Crippen MR) is 213 cm³/mol. The molecule has 4 amide bonds. The number of hydrogen-bond acceptors (Lipinski definition) is 16. The number of nitrogens with zero attached hydrogens (tertiary/aromatic N) is 6. The Morgan fingerprint density at radius 1 is 1.07 bits per heavy atom. The minimum Gasteiger partial charge on any atom is -0.477 e. The summed E-state index contributed by atoms with van der Waals surface area (Å²) in [6.07, 6.45) is 0.984. The first kappa shape index (κ1) is 40.1. The van der Waals surface area contributed by atoms with E-state index in [9.17, 15) is 33.9 Å². The van der Waals surface area contributed by atoms with Crippen molar-refractivity contribution < 1.29 is 47.5 Å². The number of allylic oxidation sites excluding steroid dienone is 1. The number of β-lactam (4-membered cyclic amide) rings is 1. The molecule has 3 fully saturated rings. The van der Waals surface area contributed by atoms with Gasteiger partial charge in [-0.1, -0.05) is 65.8 Å². The highest BCUT2D eigenvalue weighted by Gasteiger charge is 2.54. The highest BCUT2D eigenvalue weighted by atomic mass is 32.2. The second-order valence-corrected chi connectivity index (χ2v) is 15.9. The fourth-order valence-corrected chi connectivity index (χ4v) is 9.11. The molecule has 19 nitrogen and oxygen atoms in total. The van der Waals surface area contributed by atoms with Crippen LogP contribution in [-0.2, 0) is 35.4 Å². The van der Waals surface area contributed by atoms with Crippen molar-refractivity contribution in [1.82, 2.24) is 29.4 Å². The van der Waals surface area contributed by atoms with Crippen molar-refractivity contribution in [2.75, 3.05) is 31.1 Å². The van der Waals surface area contributed by atoms with Crippen LogP contribution in [0.15, 0.2) is 102 Å². The average Bonchev–Trinajstić information content (AvgIpc) is 4.05. The number of oxime groups is 1. The van der Waals surface area contributed by atoms with E-state index in [4.69, 9.17) is 24.1 Å². The molecule has 4 aromatic rings. The van der Waals surface area contributed by atoms with Crippen molar-refractivity contribution in [3.05, 3.63) is 123 Å². The number of rotatable bonds is 12. The topological polar surface area (TPSA) is 253 Å². The molecule has 0 radical (unpaired) electrons. The van der Waals surface area contributed by atoms with Gasteiger partial charge in [0.15, 0.2) is 29.4 Å². The minimum atomic E-state index is -1.37. The third kappa shape index (κ3) is 8.00. The van der Waals surface area contributed by atoms with Gasteiger partial charge in [-0.25, -0.2) is 14.4 Å². The number of aromatic nitrogens is 2. The lowest BCUT2D eigenvalue weighted by Gasteiger charge is -2.49. The number of carbonyl (C=O) groups excluding carboxylic acids is 4. The number of nitrogens with two attached hydrogens (primary N) is 1. The molecular weight excluding hydrogens is 821 g/mol. The molecule has 60 heavy (non-hydrogen) atoms. The second kappa shape index (κ2) is 16.9. The molecule has 2 aromatic carbocycles. The number of anilines is 1. The fourth-order valence-electron chi connectivity index (χ4n) is 7.37. The van der Waals surface area contributed by atoms with Gasteiger partial charge in [-0.2, -0.15) is 9.36 Å². The van der Waals surface area contributed by atoms with Gasteiger partial charge in [-0.15, -0.1) is 11.8 Å². The maximum Gasteiger partial charge on any atom is 0.519 e. The van der Waals surface area contributed by atoms with Crippen molar-refractivity contribution in [1.29, 1.82) is 0 Å². The van der Waals surface area contributed by atoms with Gasteiger partial charge in [0, 0.05) is 42.5 Å². The van der Waals surface area contributed by atoms with Crippen LogP contribution in [0.3, 0.4) is 0 Å². The number of carboxylic acids is 1. The SMILES string of the molecule is Cc1oc(=O)oc1COC(=O)N1CC[C@@H](N2CC/C(=C\C3=C(C(=O)O)N4C(=O)[C@@H](NC(=O)/C(=N\OC(c5ccccc5)c5ccccc5)c5nsc(N)n5)[C@H]4SC3)C2=O)C1. The molecule has 0 unspecified atom stereocenters. The largest absolute Gasteiger partial charge is 0.519 e. The molecule has 6 heterocycles. The molecule has 4 N–H and O–H groups in total. The molecule has 21 heteroatoms. The Kier molecular flexibility index (Phi) is 11.3. The van der Waals surface area contributed by atoms with E-state index in [-0.39, 0.29) is 70.3 Å². The Balaban J connectivity index is 0.943. The van der Waals surface area contributed by atoms with Crippen LogP contribution in [0.2, 0.25) is 0 Å². The van der Waals surface area contributed by atoms with Gasteiger partial charge in [0.05, 0.1) is 6.04 Å². The van der Waals surface area contributed by atoms with Crippen LogP contribution in [0.4, 0.5) is 9.93 Å². The van der Waals surface area contributed by atoms with E-state index in [1.165, 1.54) is 29.7 Å². The molecule has 8 rings (SSSR count). The van der Waals surface area contributed by atoms with E-state index in [0.29, 0.717) is 31.5 Å². The number of thioether (sulfide) groups is 1. The van der Waals surface area contributed by atoms with Crippen molar-refractivity contribution in [3.8, 4) is 0 Å². The normalized spacial score (nSPS) is 21.1. The zero-order valence-electron chi connectivity index (χ0n) is 31.7. The van der Waals surface area contributed by atoms with Crippen LogP contribution in [-0.4, -0.2) is 108 Å². The first-order valence-corrected chi connectivity index (χ1v) is 20.5. The highest BCUT2D eigenvalue weighted by molar-refractivity contribution is 8.00. The summed E-state index contributed by atoms with van der Waals surface area (Å²) < 4.78 is 19.1. The molecular formula is C39H36N8O11S2. The Morgan fingerprint density at radius 2 is 1.78 bits per heavy atom. The number of benzene rings is 2. The summed E-state index contributed by atoms with van der Waals surface area (Å²) in [5, 5.41) is 16.5. The summed E-state index contributed by atoms with van der Waals surface area (Å²) in [4.78, 5) is 92.2. The zero-order chi connectivity index (χ0) is 42.1. The first-order valence-electron chi connectivity index (χ1n) is 18.6. The molecule has 3 saturated heterocycles. The van der Waals surface area contributed by atoms with E-state index in [1.807, 2.05) is 60.7 Å². The average molecular weight is 857 g/mol. The Morgan fingerprint density at radius 3 is 2.42 bits per heavy atom. The third-order valence-electron chi connectivity index (χ3n) is 10.3. The smallest absolute Gasteiger partial charge is 0.477 e. The fraction of sp³-hybridized carbons (Fsp3) is 0.308. The van der Waals surface area contributed by atoms with E-state index in [0.717, 1.165) is 27.6 Å². The van der Waals surface area contributed by atoms with Crippen LogP contribution in [0, 0.1) is 6.92 Å². The number of nitrogen functional groups attached to an aromatic ring is 1. The quantitative estimate of drug-likeness (QED) is 0.0802. The number of hydrogen-bond donors (Lipinski definition) is 3. The molecule has 3 atom stereocenters. The number of carbonyl (C=O) groups is 5. The molecule has 310 valence electrons. The third-order valence-corrected chi connectivity index (χ3v) is 12.2. The molecule has 0 spiro atoms. The van der Waals surface area contributed by atoms with Gasteiger partial charge >= 0.3 is 17.9 Å². The summed E-state index contributed by atoms with van der Waals surface area (Å²) in [6.45, 7) is 2.13. The van der Waals surface area contributed by atoms with E-state index < -0.39 is 47.2 Å². The van der Waals surface area contributed by atoms with Gasteiger partial charge < -0.3 is 44.4 Å². The summed E-state index contributed by atoms with van der Waals surface area (Å²) in [7, 11) is 0. The molecule has 2 aromatic heterocycles. The molecule has 0 aliphatic carbocycles. The van der Waals surface area contributed by atoms with E-state index in [2.05, 4.69) is 19.8 Å². The van der Waals surface area contributed by atoms with Gasteiger partial charge in [-0.3, -0.25) is 19.3 Å². The zero-order valence-corrected chi connectivity index (χ0v) is 33.3. The van der Waals surface area contributed by atoms with Crippen LogP contribution < -0.4 is 16.9 Å². The van der Waals surface area contributed by atoms with Gasteiger partial charge in [0.1, 0.15) is 17.1 Å². The van der Waals surface area contributed by atoms with Gasteiger partial charge in [0.25, 0.3) is 11.8 Å². The minimum absolute atomic E-state index is 0.0734. The lowest BCUT2D eigenvalue weighted by atomic mass is 10.0. The van der Waals surface area contributed by atoms with E-state index in [1.54, 1.807) is 4.90 Å². The van der Waals surface area contributed by atoms with Gasteiger partial charge in [0.2, 0.25) is 17.4 Å². The number of aliphatic carboxylic acids is 1. The van der Waals surface area contributed by atoms with Crippen LogP contribution in [0.1, 0.15) is 47.4 Å². The Bertz CT molecular complexity index is 2460. The Hall–Kier alpha value is -6.74. The standard InChI is InChI=1S/C39H36N8O11S2/c1-20-26(57-39(54)56-20)18-55-38(53)45-14-13-25(17-45)46-15-12-23(33(46)49)16-24-19-59-35-28(34(50)47(35)29(24)36(51)52)41-32(48)27(31-42-37(40)60-44-31)43-58-30(21-8-4-2-5-9-21)22-10-6-3-7-11-22/h2-11,16,25,28,30,35H,12-15,17-19H2,1H3,(H,41,48)(H,51,52)(H2,40,42,44)/b23-16+,43-27-/t25-,28-,35-/m1/s1. The molecule has 4 aliphatic heterocycles. The lowest BCUT2D eigenvalue weighted by molar-refractivity contribution is -0.150. The summed E-state index contributed by atoms with van der Waals surface area (Å²) >= 11 is 2.08. The monoisotopic (exact) mass is 856 g/mol. The number of aryl methyl sites for hydroxylation is 1. The van der Waals surface area contributed by atoms with Crippen LogP contribution in [0.25, 0.3) is 0 Å². The number of amides is 4. The maximum atomic E-state index is 13.9. The second-order valence-electron chi connectivity index (χ2n) is 14.0. The number of fused-ring (bicyclic) bond motifs is 1. The summed E-state index contributed by atoms with van der Waals surface area (Å²) in [6, 6.07) is 17.1. The van der Waals surface area contributed by atoms with Gasteiger partial charge in [-0.05, 0) is 42.5 Å². The number of carboxylic acid groups (broad SMARTS) is 1. The first-order chi connectivity index (χ1) is 29.0. The Labute approximate surface area is 348 Å². The summed E-state index contributed by atoms with van der Waals surface area (Å²) in [5.41, 5.74) is 7.38. The maximum absolute atomic E-state index is 13.9. The lowest BCUT2D eigenvalue weighted by Crippen LogP contribution is -2.71. The number of likely N-dealkylation sites (tertiary alicyclic amines) is 2. The molecule has 0 saturated carbocycles. The van der Waals surface area contributed by atoms with Crippen LogP contribution >= 0.6 is 23.3 Å².